The molecule has 1 aromatic heterocycles. The summed E-state index contributed by atoms with van der Waals surface area (Å²) in [6.07, 6.45) is 3.62. The van der Waals surface area contributed by atoms with Gasteiger partial charge in [0.1, 0.15) is 12.3 Å². The highest BCUT2D eigenvalue weighted by Crippen LogP contribution is 2.32. The highest BCUT2D eigenvalue weighted by Gasteiger charge is 2.30. The summed E-state index contributed by atoms with van der Waals surface area (Å²) in [7, 11) is 0. The largest absolute Gasteiger partial charge is 0.507 e. The second kappa shape index (κ2) is 7.20. The summed E-state index contributed by atoms with van der Waals surface area (Å²) in [5, 5.41) is 11.5. The maximum Gasteiger partial charge on any atom is 0.336 e. The number of quaternary nitrogens is 1. The SMILES string of the molecule is CC1CCCC(C)[NH+]1Cc1c(O)ccc2c(-c3ccccc3)cc(=O)oc12. The second-order valence-electron chi connectivity index (χ2n) is 7.77. The van der Waals surface area contributed by atoms with Gasteiger partial charge < -0.3 is 14.4 Å². The van der Waals surface area contributed by atoms with Crippen molar-refractivity contribution in [2.24, 2.45) is 0 Å². The molecule has 4 rings (SSSR count). The Morgan fingerprint density at radius 2 is 1.78 bits per heavy atom. The molecule has 27 heavy (non-hydrogen) atoms. The van der Waals surface area contributed by atoms with Crippen molar-refractivity contribution < 1.29 is 14.4 Å². The number of aromatic hydroxyl groups is 1. The first-order valence-electron chi connectivity index (χ1n) is 9.74. The fourth-order valence-electron chi connectivity index (χ4n) is 4.44. The first-order valence-corrected chi connectivity index (χ1v) is 9.74. The van der Waals surface area contributed by atoms with Crippen LogP contribution >= 0.6 is 0 Å². The smallest absolute Gasteiger partial charge is 0.336 e. The summed E-state index contributed by atoms with van der Waals surface area (Å²) in [5.41, 5.74) is 2.68. The van der Waals surface area contributed by atoms with Crippen LogP contribution in [-0.2, 0) is 6.54 Å². The molecule has 1 aliphatic heterocycles. The van der Waals surface area contributed by atoms with Crippen LogP contribution in [0.5, 0.6) is 5.75 Å². The Morgan fingerprint density at radius 1 is 1.07 bits per heavy atom. The van der Waals surface area contributed by atoms with Crippen molar-refractivity contribution in [3.05, 3.63) is 64.5 Å². The minimum Gasteiger partial charge on any atom is -0.507 e. The molecular formula is C23H26NO3+. The summed E-state index contributed by atoms with van der Waals surface area (Å²) in [4.78, 5) is 13.7. The standard InChI is InChI=1S/C23H25NO3/c1-15-7-6-8-16(2)24(15)14-20-21(25)12-11-18-19(13-22(26)27-23(18)20)17-9-4-3-5-10-17/h3-5,9-13,15-16,25H,6-8,14H2,1-2H3/p+1. The van der Waals surface area contributed by atoms with Gasteiger partial charge in [-0.2, -0.15) is 0 Å². The first kappa shape index (κ1) is 17.8. The minimum atomic E-state index is -0.386. The number of likely N-dealkylation sites (tertiary alicyclic amines) is 1. The molecule has 2 aromatic carbocycles. The maximum atomic E-state index is 12.3. The van der Waals surface area contributed by atoms with Gasteiger partial charge in [-0.25, -0.2) is 4.79 Å². The lowest BCUT2D eigenvalue weighted by molar-refractivity contribution is -0.964. The molecule has 2 atom stereocenters. The van der Waals surface area contributed by atoms with E-state index in [9.17, 15) is 9.90 Å². The molecule has 1 aliphatic rings. The van der Waals surface area contributed by atoms with Crippen LogP contribution in [-0.4, -0.2) is 17.2 Å². The van der Waals surface area contributed by atoms with E-state index >= 15 is 0 Å². The molecule has 0 saturated carbocycles. The summed E-state index contributed by atoms with van der Waals surface area (Å²) >= 11 is 0. The monoisotopic (exact) mass is 364 g/mol. The zero-order valence-electron chi connectivity index (χ0n) is 15.9. The van der Waals surface area contributed by atoms with Gasteiger partial charge in [0, 0.05) is 11.5 Å². The van der Waals surface area contributed by atoms with Gasteiger partial charge in [0.15, 0.2) is 5.58 Å². The lowest BCUT2D eigenvalue weighted by Gasteiger charge is -2.36. The first-order chi connectivity index (χ1) is 13.0. The predicted octanol–water partition coefficient (Wildman–Crippen LogP) is 3.51. The third-order valence-corrected chi connectivity index (χ3v) is 6.00. The van der Waals surface area contributed by atoms with Crippen LogP contribution in [0.4, 0.5) is 0 Å². The molecule has 4 heteroatoms. The van der Waals surface area contributed by atoms with E-state index in [4.69, 9.17) is 4.42 Å². The van der Waals surface area contributed by atoms with E-state index in [1.807, 2.05) is 36.4 Å². The Bertz CT molecular complexity index is 999. The molecule has 1 fully saturated rings. The summed E-state index contributed by atoms with van der Waals surface area (Å²) in [6.45, 7) is 5.18. The van der Waals surface area contributed by atoms with Crippen molar-refractivity contribution >= 4 is 11.0 Å². The third-order valence-electron chi connectivity index (χ3n) is 6.00. The molecule has 0 amide bonds. The molecule has 1 saturated heterocycles. The average Bonchev–Trinajstić information content (AvgIpc) is 2.66. The Labute approximate surface area is 159 Å². The Kier molecular flexibility index (Phi) is 4.75. The van der Waals surface area contributed by atoms with Crippen LogP contribution < -0.4 is 10.5 Å². The van der Waals surface area contributed by atoms with E-state index in [1.54, 1.807) is 6.07 Å². The number of benzene rings is 2. The number of phenols is 1. The highest BCUT2D eigenvalue weighted by atomic mass is 16.4. The van der Waals surface area contributed by atoms with E-state index in [2.05, 4.69) is 13.8 Å². The van der Waals surface area contributed by atoms with Crippen molar-refractivity contribution in [2.75, 3.05) is 0 Å². The molecule has 3 aromatic rings. The van der Waals surface area contributed by atoms with Gasteiger partial charge in [0.05, 0.1) is 17.6 Å². The van der Waals surface area contributed by atoms with Crippen molar-refractivity contribution in [3.8, 4) is 16.9 Å². The molecular weight excluding hydrogens is 338 g/mol. The fraction of sp³-hybridized carbons (Fsp3) is 0.348. The van der Waals surface area contributed by atoms with Crippen LogP contribution in [0.15, 0.2) is 57.7 Å². The molecule has 2 unspecified atom stereocenters. The quantitative estimate of drug-likeness (QED) is 0.699. The normalized spacial score (nSPS) is 22.8. The summed E-state index contributed by atoms with van der Waals surface area (Å²) < 4.78 is 5.62. The molecule has 140 valence electrons. The van der Waals surface area contributed by atoms with Gasteiger partial charge in [0.25, 0.3) is 0 Å². The Hall–Kier alpha value is -2.59. The van der Waals surface area contributed by atoms with Gasteiger partial charge in [-0.1, -0.05) is 30.3 Å². The fourth-order valence-corrected chi connectivity index (χ4v) is 4.44. The van der Waals surface area contributed by atoms with Gasteiger partial charge in [0.2, 0.25) is 0 Å². The number of hydrogen-bond donors (Lipinski definition) is 2. The van der Waals surface area contributed by atoms with E-state index in [1.165, 1.54) is 30.2 Å². The van der Waals surface area contributed by atoms with Gasteiger partial charge >= 0.3 is 5.63 Å². The van der Waals surface area contributed by atoms with Crippen LogP contribution in [0, 0.1) is 0 Å². The van der Waals surface area contributed by atoms with E-state index in [0.717, 1.165) is 22.1 Å². The van der Waals surface area contributed by atoms with Gasteiger partial charge in [-0.15, -0.1) is 0 Å². The molecule has 0 bridgehead atoms. The highest BCUT2D eigenvalue weighted by molar-refractivity contribution is 5.95. The van der Waals surface area contributed by atoms with E-state index in [-0.39, 0.29) is 11.4 Å². The molecule has 4 nitrogen and oxygen atoms in total. The summed E-state index contributed by atoms with van der Waals surface area (Å²) in [6, 6.07) is 16.0. The zero-order chi connectivity index (χ0) is 19.0. The molecule has 0 radical (unpaired) electrons. The van der Waals surface area contributed by atoms with E-state index < -0.39 is 0 Å². The van der Waals surface area contributed by atoms with Crippen molar-refractivity contribution in [3.63, 3.8) is 0 Å². The lowest BCUT2D eigenvalue weighted by Crippen LogP contribution is -3.18. The van der Waals surface area contributed by atoms with E-state index in [0.29, 0.717) is 24.2 Å². The van der Waals surface area contributed by atoms with Crippen LogP contribution in [0.1, 0.15) is 38.7 Å². The van der Waals surface area contributed by atoms with Gasteiger partial charge in [-0.05, 0) is 56.4 Å². The third kappa shape index (κ3) is 3.37. The van der Waals surface area contributed by atoms with Crippen molar-refractivity contribution in [2.45, 2.75) is 51.7 Å². The molecule has 2 N–H and O–H groups in total. The maximum absolute atomic E-state index is 12.3. The predicted molar refractivity (Wildman–Crippen MR) is 107 cm³/mol. The van der Waals surface area contributed by atoms with Crippen LogP contribution in [0.2, 0.25) is 0 Å². The van der Waals surface area contributed by atoms with Crippen molar-refractivity contribution in [1.82, 2.24) is 0 Å². The van der Waals surface area contributed by atoms with Gasteiger partial charge in [-0.3, -0.25) is 0 Å². The Morgan fingerprint density at radius 3 is 2.48 bits per heavy atom. The number of hydrogen-bond acceptors (Lipinski definition) is 3. The Balaban J connectivity index is 1.87. The number of rotatable bonds is 3. The zero-order valence-corrected chi connectivity index (χ0v) is 15.9. The number of fused-ring (bicyclic) bond motifs is 1. The topological polar surface area (TPSA) is 54.9 Å². The van der Waals surface area contributed by atoms with Crippen LogP contribution in [0.25, 0.3) is 22.1 Å². The number of piperidine rings is 1. The molecule has 0 aliphatic carbocycles. The molecule has 2 heterocycles. The summed E-state index contributed by atoms with van der Waals surface area (Å²) in [5.74, 6) is 0.202. The molecule has 0 spiro atoms. The number of nitrogens with one attached hydrogen (secondary N) is 1. The number of phenolic OH excluding ortho intramolecular Hbond substituents is 1. The lowest BCUT2D eigenvalue weighted by atomic mass is 9.95. The minimum absolute atomic E-state index is 0.202. The average molecular weight is 364 g/mol. The second-order valence-corrected chi connectivity index (χ2v) is 7.77. The van der Waals surface area contributed by atoms with Crippen molar-refractivity contribution in [1.29, 1.82) is 0 Å². The van der Waals surface area contributed by atoms with Crippen LogP contribution in [0.3, 0.4) is 0 Å².